The lowest BCUT2D eigenvalue weighted by Gasteiger charge is -2.28. The molecule has 98 valence electrons. The normalized spacial score (nSPS) is 19.2. The molecule has 0 atom stereocenters. The Bertz CT molecular complexity index is 454. The van der Waals surface area contributed by atoms with Crippen molar-refractivity contribution < 1.29 is 9.47 Å². The van der Waals surface area contributed by atoms with Crippen molar-refractivity contribution in [3.05, 3.63) is 22.8 Å². The summed E-state index contributed by atoms with van der Waals surface area (Å²) < 4.78 is 11.2. The molecule has 1 fully saturated rings. The molecule has 0 spiro atoms. The minimum absolute atomic E-state index is 0.354. The molecule has 4 nitrogen and oxygen atoms in total. The summed E-state index contributed by atoms with van der Waals surface area (Å²) in [5, 5.41) is 3.38. The van der Waals surface area contributed by atoms with E-state index in [2.05, 4.69) is 30.1 Å². The lowest BCUT2D eigenvalue weighted by Crippen LogP contribution is -2.43. The number of ether oxygens (including phenoxy) is 2. The molecule has 1 aromatic carbocycles. The Morgan fingerprint density at radius 1 is 1.22 bits per heavy atom. The molecule has 0 amide bonds. The Morgan fingerprint density at radius 2 is 2.00 bits per heavy atom. The molecular weight excluding hydrogens is 228 g/mol. The molecule has 2 aliphatic heterocycles. The number of hydrogen-bond acceptors (Lipinski definition) is 4. The standard InChI is InChI=1S/C14H20N2O2/c1-10-7-13-14(18-9-17-13)12(11(10)2)8-16-5-3-15-4-6-16/h7,15H,3-6,8-9H2,1-2H3. The molecule has 0 saturated carbocycles. The predicted molar refractivity (Wildman–Crippen MR) is 70.2 cm³/mol. The van der Waals surface area contributed by atoms with Gasteiger partial charge in [-0.15, -0.1) is 0 Å². The minimum Gasteiger partial charge on any atom is -0.454 e. The van der Waals surface area contributed by atoms with Gasteiger partial charge in [-0.2, -0.15) is 0 Å². The maximum Gasteiger partial charge on any atom is 0.231 e. The van der Waals surface area contributed by atoms with Gasteiger partial charge < -0.3 is 14.8 Å². The number of nitrogens with one attached hydrogen (secondary N) is 1. The van der Waals surface area contributed by atoms with Crippen LogP contribution in [0.5, 0.6) is 11.5 Å². The fourth-order valence-electron chi connectivity index (χ4n) is 2.63. The van der Waals surface area contributed by atoms with Crippen LogP contribution in [0.3, 0.4) is 0 Å². The van der Waals surface area contributed by atoms with Crippen molar-refractivity contribution in [1.29, 1.82) is 0 Å². The number of nitrogens with zero attached hydrogens (tertiary/aromatic N) is 1. The highest BCUT2D eigenvalue weighted by Gasteiger charge is 2.23. The van der Waals surface area contributed by atoms with Gasteiger partial charge in [0.05, 0.1) is 0 Å². The Labute approximate surface area is 108 Å². The molecule has 1 saturated heterocycles. The second kappa shape index (κ2) is 4.78. The van der Waals surface area contributed by atoms with Crippen LogP contribution in [-0.4, -0.2) is 37.9 Å². The van der Waals surface area contributed by atoms with Crippen molar-refractivity contribution >= 4 is 0 Å². The third-order valence-electron chi connectivity index (χ3n) is 3.90. The van der Waals surface area contributed by atoms with Crippen molar-refractivity contribution in [3.8, 4) is 11.5 Å². The first-order valence-electron chi connectivity index (χ1n) is 6.57. The van der Waals surface area contributed by atoms with Crippen LogP contribution in [0.25, 0.3) is 0 Å². The molecule has 0 bridgehead atoms. The molecule has 3 rings (SSSR count). The Balaban J connectivity index is 1.90. The van der Waals surface area contributed by atoms with Crippen molar-refractivity contribution in [2.45, 2.75) is 20.4 Å². The monoisotopic (exact) mass is 248 g/mol. The summed E-state index contributed by atoms with van der Waals surface area (Å²) in [6, 6.07) is 2.08. The first-order valence-corrected chi connectivity index (χ1v) is 6.57. The molecule has 2 heterocycles. The van der Waals surface area contributed by atoms with E-state index >= 15 is 0 Å². The molecule has 0 aromatic heterocycles. The molecular formula is C14H20N2O2. The van der Waals surface area contributed by atoms with E-state index in [-0.39, 0.29) is 0 Å². The van der Waals surface area contributed by atoms with Crippen LogP contribution >= 0.6 is 0 Å². The number of fused-ring (bicyclic) bond motifs is 1. The van der Waals surface area contributed by atoms with Gasteiger partial charge in [-0.3, -0.25) is 4.90 Å². The number of rotatable bonds is 2. The Kier molecular flexibility index (Phi) is 3.14. The van der Waals surface area contributed by atoms with E-state index < -0.39 is 0 Å². The largest absolute Gasteiger partial charge is 0.454 e. The summed E-state index contributed by atoms with van der Waals surface area (Å²) >= 11 is 0. The van der Waals surface area contributed by atoms with Gasteiger partial charge in [0.2, 0.25) is 6.79 Å². The van der Waals surface area contributed by atoms with E-state index in [1.807, 2.05) is 0 Å². The highest BCUT2D eigenvalue weighted by Crippen LogP contribution is 2.39. The maximum absolute atomic E-state index is 5.64. The fourth-order valence-corrected chi connectivity index (χ4v) is 2.63. The number of piperazine rings is 1. The lowest BCUT2D eigenvalue weighted by atomic mass is 10.0. The van der Waals surface area contributed by atoms with Gasteiger partial charge in [-0.25, -0.2) is 0 Å². The zero-order valence-corrected chi connectivity index (χ0v) is 11.1. The van der Waals surface area contributed by atoms with Crippen LogP contribution in [0, 0.1) is 13.8 Å². The van der Waals surface area contributed by atoms with Crippen molar-refractivity contribution in [2.75, 3.05) is 33.0 Å². The molecule has 0 aliphatic carbocycles. The van der Waals surface area contributed by atoms with Gasteiger partial charge in [0, 0.05) is 38.3 Å². The lowest BCUT2D eigenvalue weighted by molar-refractivity contribution is 0.171. The van der Waals surface area contributed by atoms with E-state index in [9.17, 15) is 0 Å². The average Bonchev–Trinajstić information content (AvgIpc) is 2.84. The summed E-state index contributed by atoms with van der Waals surface area (Å²) in [4.78, 5) is 2.47. The van der Waals surface area contributed by atoms with Gasteiger partial charge in [-0.1, -0.05) is 0 Å². The van der Waals surface area contributed by atoms with E-state index in [4.69, 9.17) is 9.47 Å². The first kappa shape index (κ1) is 11.8. The average molecular weight is 248 g/mol. The van der Waals surface area contributed by atoms with Crippen LogP contribution in [0.4, 0.5) is 0 Å². The SMILES string of the molecule is Cc1cc2c(c(CN3CCNCC3)c1C)OCO2. The highest BCUT2D eigenvalue weighted by molar-refractivity contribution is 5.55. The maximum atomic E-state index is 5.64. The second-order valence-corrected chi connectivity index (χ2v) is 5.06. The summed E-state index contributed by atoms with van der Waals surface area (Å²) in [6.07, 6.45) is 0. The second-order valence-electron chi connectivity index (χ2n) is 5.06. The smallest absolute Gasteiger partial charge is 0.231 e. The van der Waals surface area contributed by atoms with Crippen LogP contribution in [0.2, 0.25) is 0 Å². The predicted octanol–water partition coefficient (Wildman–Crippen LogP) is 1.44. The van der Waals surface area contributed by atoms with Gasteiger partial charge >= 0.3 is 0 Å². The summed E-state index contributed by atoms with van der Waals surface area (Å²) in [5.74, 6) is 1.86. The van der Waals surface area contributed by atoms with Crippen molar-refractivity contribution in [1.82, 2.24) is 10.2 Å². The molecule has 0 unspecified atom stereocenters. The molecule has 1 aromatic rings. The quantitative estimate of drug-likeness (QED) is 0.858. The Morgan fingerprint density at radius 3 is 2.78 bits per heavy atom. The molecule has 1 N–H and O–H groups in total. The zero-order valence-electron chi connectivity index (χ0n) is 11.1. The van der Waals surface area contributed by atoms with E-state index in [1.54, 1.807) is 0 Å². The Hall–Kier alpha value is -1.26. The van der Waals surface area contributed by atoms with Gasteiger partial charge in [-0.05, 0) is 31.0 Å². The minimum atomic E-state index is 0.354. The van der Waals surface area contributed by atoms with Gasteiger partial charge in [0.1, 0.15) is 0 Å². The van der Waals surface area contributed by atoms with Crippen LogP contribution in [0.15, 0.2) is 6.07 Å². The molecule has 4 heteroatoms. The summed E-state index contributed by atoms with van der Waals surface area (Å²) in [7, 11) is 0. The number of aryl methyl sites for hydroxylation is 1. The molecule has 2 aliphatic rings. The van der Waals surface area contributed by atoms with E-state index in [1.165, 1.54) is 16.7 Å². The zero-order chi connectivity index (χ0) is 12.5. The third-order valence-corrected chi connectivity index (χ3v) is 3.90. The van der Waals surface area contributed by atoms with Crippen molar-refractivity contribution in [2.24, 2.45) is 0 Å². The number of benzene rings is 1. The molecule has 0 radical (unpaired) electrons. The number of hydrogen-bond donors (Lipinski definition) is 1. The van der Waals surface area contributed by atoms with Crippen molar-refractivity contribution in [3.63, 3.8) is 0 Å². The van der Waals surface area contributed by atoms with Crippen LogP contribution in [0.1, 0.15) is 16.7 Å². The topological polar surface area (TPSA) is 33.7 Å². The highest BCUT2D eigenvalue weighted by atomic mass is 16.7. The third kappa shape index (κ3) is 2.06. The van der Waals surface area contributed by atoms with E-state index in [0.29, 0.717) is 6.79 Å². The first-order chi connectivity index (χ1) is 8.75. The van der Waals surface area contributed by atoms with Crippen LogP contribution < -0.4 is 14.8 Å². The summed E-state index contributed by atoms with van der Waals surface area (Å²) in [6.45, 7) is 9.97. The molecule has 18 heavy (non-hydrogen) atoms. The van der Waals surface area contributed by atoms with Gasteiger partial charge in [0.25, 0.3) is 0 Å². The van der Waals surface area contributed by atoms with Crippen LogP contribution in [-0.2, 0) is 6.54 Å². The fraction of sp³-hybridized carbons (Fsp3) is 0.571. The van der Waals surface area contributed by atoms with Gasteiger partial charge in [0.15, 0.2) is 11.5 Å². The summed E-state index contributed by atoms with van der Waals surface area (Å²) in [5.41, 5.74) is 3.91. The van der Waals surface area contributed by atoms with E-state index in [0.717, 1.165) is 44.2 Å².